The van der Waals surface area contributed by atoms with Crippen molar-refractivity contribution in [3.63, 3.8) is 0 Å². The first-order chi connectivity index (χ1) is 10.3. The van der Waals surface area contributed by atoms with Gasteiger partial charge < -0.3 is 10.3 Å². The average Bonchev–Trinajstić information content (AvgIpc) is 2.95. The molecule has 108 valence electrons. The zero-order valence-corrected chi connectivity index (χ0v) is 11.9. The van der Waals surface area contributed by atoms with Gasteiger partial charge in [0, 0.05) is 30.4 Å². The first kappa shape index (κ1) is 13.6. The van der Waals surface area contributed by atoms with E-state index in [4.69, 9.17) is 10.3 Å². The van der Waals surface area contributed by atoms with Gasteiger partial charge in [0.25, 0.3) is 0 Å². The highest BCUT2D eigenvalue weighted by Gasteiger charge is 2.12. The van der Waals surface area contributed by atoms with Crippen LogP contribution in [0.1, 0.15) is 25.7 Å². The quantitative estimate of drug-likeness (QED) is 0.773. The van der Waals surface area contributed by atoms with Gasteiger partial charge in [-0.2, -0.15) is 4.98 Å². The summed E-state index contributed by atoms with van der Waals surface area (Å²) in [4.78, 5) is 12.9. The van der Waals surface area contributed by atoms with E-state index in [1.807, 2.05) is 18.2 Å². The summed E-state index contributed by atoms with van der Waals surface area (Å²) in [5, 5.41) is 4.02. The number of benzene rings is 1. The third-order valence-corrected chi connectivity index (χ3v) is 3.29. The molecular weight excluding hydrogens is 266 g/mol. The fourth-order valence-electron chi connectivity index (χ4n) is 2.25. The summed E-state index contributed by atoms with van der Waals surface area (Å²) in [5.41, 5.74) is 8.51. The highest BCUT2D eigenvalue weighted by molar-refractivity contribution is 5.79. The van der Waals surface area contributed by atoms with Gasteiger partial charge in [0.1, 0.15) is 0 Å². The second kappa shape index (κ2) is 5.97. The molecule has 2 heterocycles. The lowest BCUT2D eigenvalue weighted by atomic mass is 10.1. The lowest BCUT2D eigenvalue weighted by Gasteiger charge is -2.05. The van der Waals surface area contributed by atoms with Crippen LogP contribution in [0.4, 0.5) is 0 Å². The van der Waals surface area contributed by atoms with Crippen LogP contribution in [0, 0.1) is 0 Å². The molecule has 0 radical (unpaired) electrons. The molecule has 0 saturated heterocycles. The summed E-state index contributed by atoms with van der Waals surface area (Å²) >= 11 is 0. The lowest BCUT2D eigenvalue weighted by molar-refractivity contribution is 0.366. The Labute approximate surface area is 122 Å². The third kappa shape index (κ3) is 3.05. The predicted molar refractivity (Wildman–Crippen MR) is 79.4 cm³/mol. The van der Waals surface area contributed by atoms with Gasteiger partial charge in [-0.3, -0.25) is 9.97 Å². The van der Waals surface area contributed by atoms with Gasteiger partial charge in [0.05, 0.1) is 11.0 Å². The molecule has 0 aliphatic carbocycles. The normalized spacial score (nSPS) is 12.7. The smallest absolute Gasteiger partial charge is 0.228 e. The molecule has 2 aromatic heterocycles. The van der Waals surface area contributed by atoms with Crippen molar-refractivity contribution < 1.29 is 4.52 Å². The Kier molecular flexibility index (Phi) is 3.87. The van der Waals surface area contributed by atoms with Crippen molar-refractivity contribution in [2.45, 2.75) is 32.2 Å². The maximum absolute atomic E-state index is 5.99. The predicted octanol–water partition coefficient (Wildman–Crippen LogP) is 2.35. The van der Waals surface area contributed by atoms with Crippen LogP contribution in [0.25, 0.3) is 22.4 Å². The Bertz CT molecular complexity index is 740. The van der Waals surface area contributed by atoms with E-state index in [2.05, 4.69) is 27.0 Å². The van der Waals surface area contributed by atoms with Crippen LogP contribution < -0.4 is 5.73 Å². The molecule has 1 unspecified atom stereocenters. The van der Waals surface area contributed by atoms with Gasteiger partial charge in [-0.1, -0.05) is 18.5 Å². The summed E-state index contributed by atoms with van der Waals surface area (Å²) in [6.45, 7) is 2.11. The molecule has 0 fully saturated rings. The maximum Gasteiger partial charge on any atom is 0.228 e. The van der Waals surface area contributed by atoms with Crippen molar-refractivity contribution in [3.05, 3.63) is 36.5 Å². The number of fused-ring (bicyclic) bond motifs is 1. The molecular formula is C15H17N5O. The van der Waals surface area contributed by atoms with E-state index in [1.165, 1.54) is 0 Å². The molecule has 3 rings (SSSR count). The summed E-state index contributed by atoms with van der Waals surface area (Å²) < 4.78 is 5.27. The molecule has 0 saturated carbocycles. The lowest BCUT2D eigenvalue weighted by Crippen LogP contribution is -2.22. The fourth-order valence-corrected chi connectivity index (χ4v) is 2.25. The van der Waals surface area contributed by atoms with E-state index in [-0.39, 0.29) is 6.04 Å². The van der Waals surface area contributed by atoms with E-state index in [0.29, 0.717) is 18.1 Å². The third-order valence-electron chi connectivity index (χ3n) is 3.29. The van der Waals surface area contributed by atoms with Gasteiger partial charge in [0.15, 0.2) is 0 Å². The molecule has 0 aliphatic rings. The topological polar surface area (TPSA) is 90.7 Å². The van der Waals surface area contributed by atoms with E-state index in [9.17, 15) is 0 Å². The molecule has 3 aromatic rings. The maximum atomic E-state index is 5.99. The monoisotopic (exact) mass is 283 g/mol. The molecule has 6 heteroatoms. The van der Waals surface area contributed by atoms with Crippen molar-refractivity contribution in [2.24, 2.45) is 5.73 Å². The first-order valence-corrected chi connectivity index (χ1v) is 7.05. The zero-order valence-electron chi connectivity index (χ0n) is 11.9. The summed E-state index contributed by atoms with van der Waals surface area (Å²) in [5.74, 6) is 1.13. The molecule has 6 nitrogen and oxygen atoms in total. The number of rotatable bonds is 5. The fraction of sp³-hybridized carbons (Fsp3) is 0.333. The van der Waals surface area contributed by atoms with E-state index in [1.54, 1.807) is 12.4 Å². The summed E-state index contributed by atoms with van der Waals surface area (Å²) in [6.07, 6.45) is 5.93. The van der Waals surface area contributed by atoms with Crippen molar-refractivity contribution in [1.29, 1.82) is 0 Å². The highest BCUT2D eigenvalue weighted by Crippen LogP contribution is 2.20. The van der Waals surface area contributed by atoms with Crippen molar-refractivity contribution in [1.82, 2.24) is 20.1 Å². The van der Waals surface area contributed by atoms with Crippen LogP contribution in [0.3, 0.4) is 0 Å². The zero-order chi connectivity index (χ0) is 14.7. The van der Waals surface area contributed by atoms with Gasteiger partial charge >= 0.3 is 0 Å². The molecule has 0 aliphatic heterocycles. The minimum atomic E-state index is 0.0609. The van der Waals surface area contributed by atoms with Crippen LogP contribution in [-0.2, 0) is 6.42 Å². The Morgan fingerprint density at radius 3 is 2.81 bits per heavy atom. The van der Waals surface area contributed by atoms with E-state index >= 15 is 0 Å². The Hall–Kier alpha value is -2.34. The second-order valence-electron chi connectivity index (χ2n) is 5.02. The Morgan fingerprint density at radius 1 is 1.19 bits per heavy atom. The molecule has 1 aromatic carbocycles. The number of nitrogens with two attached hydrogens (primary N) is 1. The minimum absolute atomic E-state index is 0.0609. The number of hydrogen-bond acceptors (Lipinski definition) is 6. The van der Waals surface area contributed by atoms with Crippen LogP contribution in [0.5, 0.6) is 0 Å². The van der Waals surface area contributed by atoms with Crippen LogP contribution in [0.15, 0.2) is 35.1 Å². The van der Waals surface area contributed by atoms with Gasteiger partial charge in [-0.25, -0.2) is 0 Å². The Balaban J connectivity index is 1.84. The number of hydrogen-bond donors (Lipinski definition) is 1. The van der Waals surface area contributed by atoms with Crippen molar-refractivity contribution >= 4 is 11.0 Å². The average molecular weight is 283 g/mol. The largest absolute Gasteiger partial charge is 0.339 e. The molecule has 0 bridgehead atoms. The Morgan fingerprint density at radius 2 is 2.00 bits per heavy atom. The van der Waals surface area contributed by atoms with Crippen LogP contribution in [-0.4, -0.2) is 26.2 Å². The summed E-state index contributed by atoms with van der Waals surface area (Å²) in [6, 6.07) is 5.78. The molecule has 0 amide bonds. The van der Waals surface area contributed by atoms with Crippen LogP contribution in [0.2, 0.25) is 0 Å². The number of nitrogens with zero attached hydrogens (tertiary/aromatic N) is 4. The standard InChI is InChI=1S/C15H17N5O/c1-2-3-11(16)9-14-19-15(20-21-14)10-4-5-12-13(8-10)18-7-6-17-12/h4-8,11H,2-3,9,16H2,1H3. The molecule has 21 heavy (non-hydrogen) atoms. The van der Waals surface area contributed by atoms with Gasteiger partial charge in [0.2, 0.25) is 11.7 Å². The van der Waals surface area contributed by atoms with E-state index < -0.39 is 0 Å². The minimum Gasteiger partial charge on any atom is -0.339 e. The van der Waals surface area contributed by atoms with Gasteiger partial charge in [-0.15, -0.1) is 0 Å². The number of aromatic nitrogens is 4. The molecule has 2 N–H and O–H groups in total. The SMILES string of the molecule is CCCC(N)Cc1nc(-c2ccc3nccnc3c2)no1. The van der Waals surface area contributed by atoms with Gasteiger partial charge in [-0.05, 0) is 24.6 Å². The highest BCUT2D eigenvalue weighted by atomic mass is 16.5. The second-order valence-corrected chi connectivity index (χ2v) is 5.02. The molecule has 1 atom stereocenters. The van der Waals surface area contributed by atoms with Crippen molar-refractivity contribution in [3.8, 4) is 11.4 Å². The van der Waals surface area contributed by atoms with E-state index in [0.717, 1.165) is 29.4 Å². The molecule has 0 spiro atoms. The van der Waals surface area contributed by atoms with Crippen LogP contribution >= 0.6 is 0 Å². The van der Waals surface area contributed by atoms with Crippen molar-refractivity contribution in [2.75, 3.05) is 0 Å². The first-order valence-electron chi connectivity index (χ1n) is 7.05. The summed E-state index contributed by atoms with van der Waals surface area (Å²) in [7, 11) is 0.